The van der Waals surface area contributed by atoms with Crippen molar-refractivity contribution >= 4 is 17.2 Å². The molecule has 0 amide bonds. The lowest BCUT2D eigenvalue weighted by Gasteiger charge is -2.37. The zero-order valence-corrected chi connectivity index (χ0v) is 26.3. The van der Waals surface area contributed by atoms with Crippen molar-refractivity contribution in [3.8, 4) is 0 Å². The second-order valence-corrected chi connectivity index (χ2v) is 13.7. The van der Waals surface area contributed by atoms with Crippen molar-refractivity contribution in [3.05, 3.63) is 0 Å². The van der Waals surface area contributed by atoms with Crippen molar-refractivity contribution < 1.29 is 23.7 Å². The second-order valence-electron chi connectivity index (χ2n) is 10.2. The van der Waals surface area contributed by atoms with Gasteiger partial charge in [0.1, 0.15) is 6.23 Å². The molecular weight excluding hydrogens is 468 g/mol. The average molecular weight is 526 g/mol. The first-order valence-electron chi connectivity index (χ1n) is 13.3. The Balaban J connectivity index is 5.23. The quantitative estimate of drug-likeness (QED) is 0.121. The molecule has 206 valence electrons. The molecule has 0 aliphatic heterocycles. The van der Waals surface area contributed by atoms with E-state index in [2.05, 4.69) is 88.0 Å². The summed E-state index contributed by atoms with van der Waals surface area (Å²) >= 11 is 0. The summed E-state index contributed by atoms with van der Waals surface area (Å²) in [6, 6.07) is 0. The van der Waals surface area contributed by atoms with Crippen LogP contribution in [0.4, 0.5) is 0 Å². The largest absolute Gasteiger partial charge is 0.363 e. The number of hydrogen-bond acceptors (Lipinski definition) is 6. The first-order valence-corrected chi connectivity index (χ1v) is 15.7. The van der Waals surface area contributed by atoms with Gasteiger partial charge < -0.3 is 23.7 Å². The van der Waals surface area contributed by atoms with E-state index in [4.69, 9.17) is 23.7 Å². The van der Waals surface area contributed by atoms with Crippen LogP contribution in [0.1, 0.15) is 95.9 Å². The summed E-state index contributed by atoms with van der Waals surface area (Å²) < 4.78 is 31.0. The van der Waals surface area contributed by atoms with Crippen molar-refractivity contribution in [1.29, 1.82) is 0 Å². The fraction of sp³-hybridized carbons (Fsp3) is 1.00. The summed E-state index contributed by atoms with van der Waals surface area (Å²) in [4.78, 5) is 2.49. The van der Waals surface area contributed by atoms with Crippen LogP contribution in [-0.4, -0.2) is 78.6 Å². The molecule has 0 N–H and O–H groups in total. The van der Waals surface area contributed by atoms with Gasteiger partial charge in [-0.3, -0.25) is 4.90 Å². The van der Waals surface area contributed by atoms with Gasteiger partial charge in [0, 0.05) is 19.7 Å². The lowest BCUT2D eigenvalue weighted by molar-refractivity contribution is -0.199. The molecule has 0 aliphatic carbocycles. The maximum Gasteiger partial charge on any atom is 0.181 e. The first kappa shape index (κ1) is 34.6. The molecule has 3 atom stereocenters. The smallest absolute Gasteiger partial charge is 0.181 e. The van der Waals surface area contributed by atoms with E-state index in [0.717, 1.165) is 44.9 Å². The van der Waals surface area contributed by atoms with Crippen molar-refractivity contribution in [2.24, 2.45) is 0 Å². The summed E-state index contributed by atoms with van der Waals surface area (Å²) in [5.74, 6) is 0. The summed E-state index contributed by atoms with van der Waals surface area (Å²) in [5, 5.41) is 0. The highest BCUT2D eigenvalue weighted by Crippen LogP contribution is 2.38. The molecule has 0 aliphatic rings. The van der Waals surface area contributed by atoms with Gasteiger partial charge in [-0.25, -0.2) is 0 Å². The van der Waals surface area contributed by atoms with Crippen LogP contribution in [0, 0.1) is 0 Å². The molecule has 34 heavy (non-hydrogen) atoms. The Morgan fingerprint density at radius 1 is 0.647 bits per heavy atom. The summed E-state index contributed by atoms with van der Waals surface area (Å²) in [6.07, 6.45) is 4.65. The minimum atomic E-state index is -0.545. The molecule has 0 heterocycles. The molecule has 0 aromatic heterocycles. The molecule has 0 spiro atoms. The fourth-order valence-electron chi connectivity index (χ4n) is 4.01. The summed E-state index contributed by atoms with van der Waals surface area (Å²) in [7, 11) is 1.10. The molecule has 0 aromatic rings. The van der Waals surface area contributed by atoms with E-state index in [-0.39, 0.29) is 30.6 Å². The molecule has 0 radical (unpaired) electrons. The third-order valence-corrected chi connectivity index (χ3v) is 7.51. The number of ether oxygens (including phenoxy) is 5. The highest BCUT2D eigenvalue weighted by Gasteiger charge is 2.31. The van der Waals surface area contributed by atoms with Gasteiger partial charge in [-0.2, -0.15) is 0 Å². The molecule has 0 saturated heterocycles. The Kier molecular flexibility index (Phi) is 18.3. The van der Waals surface area contributed by atoms with E-state index in [1.165, 1.54) is 0 Å². The lowest BCUT2D eigenvalue weighted by atomic mass is 10.3. The second kappa shape index (κ2) is 18.0. The summed E-state index contributed by atoms with van der Waals surface area (Å²) in [5.41, 5.74) is -1.09. The van der Waals surface area contributed by atoms with E-state index in [9.17, 15) is 0 Å². The van der Waals surface area contributed by atoms with Gasteiger partial charge in [-0.05, 0) is 94.4 Å². The average Bonchev–Trinajstić information content (AvgIpc) is 2.65. The third kappa shape index (κ3) is 16.4. The van der Waals surface area contributed by atoms with Crippen LogP contribution < -0.4 is 0 Å². The van der Waals surface area contributed by atoms with Crippen molar-refractivity contribution in [1.82, 2.24) is 4.90 Å². The van der Waals surface area contributed by atoms with E-state index < -0.39 is 11.1 Å². The number of rotatable bonds is 21. The Morgan fingerprint density at radius 2 is 1.00 bits per heavy atom. The minimum absolute atomic E-state index is 0.126. The van der Waals surface area contributed by atoms with Crippen LogP contribution in [0.25, 0.3) is 0 Å². The first-order chi connectivity index (χ1) is 15.8. The maximum absolute atomic E-state index is 6.23. The van der Waals surface area contributed by atoms with Crippen LogP contribution in [-0.2, 0) is 23.7 Å². The monoisotopic (exact) mass is 525 g/mol. The standard InChI is InChI=1S/C26H57NO5P2/c1-13-17-28-24(14-2)27(15-18-33-25(11,29-20(3)4)30-21(5)6)16-19-34-26(12,31-22(7)8)32-23(9)10/h20-24,33-34H,13-19H2,1-12H3. The Morgan fingerprint density at radius 3 is 1.26 bits per heavy atom. The van der Waals surface area contributed by atoms with Gasteiger partial charge in [0.05, 0.1) is 24.4 Å². The molecule has 0 bridgehead atoms. The van der Waals surface area contributed by atoms with Crippen LogP contribution in [0.5, 0.6) is 0 Å². The van der Waals surface area contributed by atoms with Gasteiger partial charge in [0.25, 0.3) is 0 Å². The van der Waals surface area contributed by atoms with Gasteiger partial charge >= 0.3 is 0 Å². The molecule has 0 aromatic carbocycles. The summed E-state index contributed by atoms with van der Waals surface area (Å²) in [6.45, 7) is 27.8. The van der Waals surface area contributed by atoms with Crippen LogP contribution in [0.2, 0.25) is 0 Å². The van der Waals surface area contributed by atoms with Gasteiger partial charge in [0.15, 0.2) is 11.1 Å². The van der Waals surface area contributed by atoms with Crippen molar-refractivity contribution in [2.45, 2.75) is 138 Å². The van der Waals surface area contributed by atoms with E-state index in [1.54, 1.807) is 0 Å². The molecular formula is C26H57NO5P2. The predicted molar refractivity (Wildman–Crippen MR) is 150 cm³/mol. The van der Waals surface area contributed by atoms with Gasteiger partial charge in [-0.1, -0.05) is 31.0 Å². The van der Waals surface area contributed by atoms with E-state index >= 15 is 0 Å². The number of hydrogen-bond donors (Lipinski definition) is 0. The van der Waals surface area contributed by atoms with Gasteiger partial charge in [0.2, 0.25) is 0 Å². The highest BCUT2D eigenvalue weighted by atomic mass is 31.1. The van der Waals surface area contributed by atoms with E-state index in [1.807, 2.05) is 0 Å². The minimum Gasteiger partial charge on any atom is -0.363 e. The Hall–Kier alpha value is 0.620. The Labute approximate surface area is 215 Å². The fourth-order valence-corrected chi connectivity index (χ4v) is 6.99. The Bertz CT molecular complexity index is 450. The maximum atomic E-state index is 6.23. The normalized spacial score (nSPS) is 15.1. The molecule has 6 nitrogen and oxygen atoms in total. The van der Waals surface area contributed by atoms with Crippen LogP contribution in [0.15, 0.2) is 0 Å². The molecule has 8 heteroatoms. The topological polar surface area (TPSA) is 49.4 Å². The molecule has 0 rings (SSSR count). The lowest BCUT2D eigenvalue weighted by Crippen LogP contribution is -2.42. The van der Waals surface area contributed by atoms with Crippen LogP contribution in [0.3, 0.4) is 0 Å². The molecule has 0 saturated carbocycles. The molecule has 0 fully saturated rings. The van der Waals surface area contributed by atoms with Crippen molar-refractivity contribution in [3.63, 3.8) is 0 Å². The number of nitrogens with zero attached hydrogens (tertiary/aromatic N) is 1. The third-order valence-electron chi connectivity index (χ3n) is 4.80. The van der Waals surface area contributed by atoms with E-state index in [0.29, 0.717) is 17.2 Å². The van der Waals surface area contributed by atoms with Gasteiger partial charge in [-0.15, -0.1) is 0 Å². The van der Waals surface area contributed by atoms with Crippen molar-refractivity contribution in [2.75, 3.05) is 32.0 Å². The highest BCUT2D eigenvalue weighted by molar-refractivity contribution is 7.39. The zero-order valence-electron chi connectivity index (χ0n) is 24.3. The molecule has 3 unspecified atom stereocenters. The zero-order chi connectivity index (χ0) is 26.4. The SMILES string of the molecule is CCCOC(CC)N(CCPC(C)(OC(C)C)OC(C)C)CCPC(C)(OC(C)C)OC(C)C. The van der Waals surface area contributed by atoms with Crippen LogP contribution >= 0.6 is 17.2 Å². The predicted octanol–water partition coefficient (Wildman–Crippen LogP) is 6.86.